The molecule has 0 spiro atoms. The molecule has 10 nitrogen and oxygen atoms in total. The fourth-order valence-corrected chi connectivity index (χ4v) is 7.33. The first kappa shape index (κ1) is 30.4. The Morgan fingerprint density at radius 3 is 2.58 bits per heavy atom. The van der Waals surface area contributed by atoms with Crippen LogP contribution in [0.15, 0.2) is 65.6 Å². The quantitative estimate of drug-likeness (QED) is 0.161. The van der Waals surface area contributed by atoms with Gasteiger partial charge in [0.25, 0.3) is 16.4 Å². The third-order valence-electron chi connectivity index (χ3n) is 7.76. The first-order chi connectivity index (χ1) is 20.3. The molecule has 4 N–H and O–H groups in total. The van der Waals surface area contributed by atoms with Gasteiger partial charge in [0.05, 0.1) is 35.7 Å². The zero-order valence-corrected chi connectivity index (χ0v) is 23.8. The number of hydrogen-bond acceptors (Lipinski definition) is 8. The smallest absolute Gasteiger partial charge is 0.259 e. The molecule has 1 saturated carbocycles. The highest BCUT2D eigenvalue weighted by Crippen LogP contribution is 2.51. The van der Waals surface area contributed by atoms with E-state index in [-0.39, 0.29) is 31.4 Å². The van der Waals surface area contributed by atoms with E-state index in [1.807, 2.05) is 0 Å². The number of nitrogens with two attached hydrogens (primary N) is 2. The second-order valence-corrected chi connectivity index (χ2v) is 12.5. The van der Waals surface area contributed by atoms with Gasteiger partial charge in [0.2, 0.25) is 0 Å². The van der Waals surface area contributed by atoms with Crippen LogP contribution >= 0.6 is 0 Å². The van der Waals surface area contributed by atoms with Crippen molar-refractivity contribution in [1.29, 1.82) is 0 Å². The number of hydrazine groups is 1. The number of hydrogen-bond donors (Lipinski definition) is 2. The van der Waals surface area contributed by atoms with Crippen molar-refractivity contribution in [2.45, 2.75) is 38.2 Å². The molecule has 0 radical (unpaired) electrons. The van der Waals surface area contributed by atoms with Gasteiger partial charge in [-0.2, -0.15) is 9.40 Å². The van der Waals surface area contributed by atoms with Crippen molar-refractivity contribution in [3.05, 3.63) is 94.2 Å². The summed E-state index contributed by atoms with van der Waals surface area (Å²) in [5.74, 6) is 3.82. The number of benzene rings is 1. The molecule has 5 rings (SSSR count). The molecule has 15 heteroatoms. The molecule has 2 atom stereocenters. The summed E-state index contributed by atoms with van der Waals surface area (Å²) in [4.78, 5) is 18.3. The Hall–Kier alpha value is -4.08. The highest BCUT2D eigenvalue weighted by molar-refractivity contribution is 7.92. The van der Waals surface area contributed by atoms with Gasteiger partial charge in [-0.1, -0.05) is 5.57 Å². The number of aromatic nitrogens is 3. The van der Waals surface area contributed by atoms with Gasteiger partial charge < -0.3 is 10.7 Å². The Morgan fingerprint density at radius 2 is 1.93 bits per heavy atom. The lowest BCUT2D eigenvalue weighted by Crippen LogP contribution is -2.52. The van der Waals surface area contributed by atoms with Gasteiger partial charge in [-0.3, -0.25) is 9.78 Å². The Bertz CT molecular complexity index is 1710. The monoisotopic (exact) mass is 619 g/mol. The van der Waals surface area contributed by atoms with Gasteiger partial charge in [-0.25, -0.2) is 36.5 Å². The molecule has 2 aromatic heterocycles. The zero-order valence-electron chi connectivity index (χ0n) is 23.0. The standard InChI is InChI=1S/C28H29F4N7O3S/c1-37(34)16-26(33)43(41,42)38(15-25(31)32)22-5-2-18-10-24-17(14-36-39(24)21-6-3-19(29)4-7-21)12-28(18,13-22)27(40)23-11-20(30)8-9-35-23/h3-4,6-11,14,16,22,25H,2,5,12-13,15,33-34H2,1H3/b26-16+/t22-,28-/m0/s1. The summed E-state index contributed by atoms with van der Waals surface area (Å²) in [5.41, 5.74) is 6.56. The zero-order chi connectivity index (χ0) is 31.1. The number of Topliss-reactive ketones (excluding diaryl/α,β-unsaturated/α-hetero) is 1. The number of carbonyl (C=O) groups excluding carboxylic acids is 1. The van der Waals surface area contributed by atoms with Crippen molar-refractivity contribution in [3.8, 4) is 5.69 Å². The molecule has 0 saturated heterocycles. The normalized spacial score (nSPS) is 20.5. The number of sulfonamides is 1. The average Bonchev–Trinajstić information content (AvgIpc) is 3.36. The van der Waals surface area contributed by atoms with Crippen LogP contribution in [0.25, 0.3) is 11.8 Å². The van der Waals surface area contributed by atoms with Crippen LogP contribution in [0.3, 0.4) is 0 Å². The number of pyridine rings is 1. The maximum atomic E-state index is 14.2. The van der Waals surface area contributed by atoms with Gasteiger partial charge >= 0.3 is 0 Å². The highest BCUT2D eigenvalue weighted by atomic mass is 32.2. The molecular formula is C28H29F4N7O3S. The van der Waals surface area contributed by atoms with Crippen molar-refractivity contribution in [3.63, 3.8) is 0 Å². The second-order valence-electron chi connectivity index (χ2n) is 10.6. The van der Waals surface area contributed by atoms with Crippen LogP contribution < -0.4 is 11.6 Å². The largest absolute Gasteiger partial charge is 0.387 e. The Balaban J connectivity index is 1.62. The topological polar surface area (TPSA) is 140 Å². The molecule has 2 aliphatic rings. The fraction of sp³-hybridized carbons (Fsp3) is 0.321. The lowest BCUT2D eigenvalue weighted by Gasteiger charge is -2.46. The molecule has 2 aliphatic carbocycles. The van der Waals surface area contributed by atoms with Gasteiger partial charge in [0, 0.05) is 25.4 Å². The minimum atomic E-state index is -4.63. The fourth-order valence-electron chi connectivity index (χ4n) is 5.87. The molecule has 0 amide bonds. The number of rotatable bonds is 9. The van der Waals surface area contributed by atoms with Gasteiger partial charge in [-0.05, 0) is 67.7 Å². The van der Waals surface area contributed by atoms with Gasteiger partial charge in [0.1, 0.15) is 17.3 Å². The molecule has 1 aromatic carbocycles. The lowest BCUT2D eigenvalue weighted by molar-refractivity contribution is 0.0658. The van der Waals surface area contributed by atoms with Crippen molar-refractivity contribution in [1.82, 2.24) is 24.1 Å². The molecule has 2 heterocycles. The van der Waals surface area contributed by atoms with E-state index >= 15 is 0 Å². The predicted octanol–water partition coefficient (Wildman–Crippen LogP) is 3.37. The van der Waals surface area contributed by atoms with Crippen LogP contribution in [0.4, 0.5) is 17.6 Å². The molecule has 0 aliphatic heterocycles. The summed E-state index contributed by atoms with van der Waals surface area (Å²) in [6, 6.07) is 6.67. The van der Waals surface area contributed by atoms with Crippen LogP contribution in [0, 0.1) is 17.0 Å². The number of alkyl halides is 2. The van der Waals surface area contributed by atoms with Crippen molar-refractivity contribution < 1.29 is 30.8 Å². The van der Waals surface area contributed by atoms with Gasteiger partial charge in [0.15, 0.2) is 10.8 Å². The van der Waals surface area contributed by atoms with E-state index in [2.05, 4.69) is 10.1 Å². The van der Waals surface area contributed by atoms with E-state index < -0.39 is 56.9 Å². The highest BCUT2D eigenvalue weighted by Gasteiger charge is 2.52. The third-order valence-corrected chi connectivity index (χ3v) is 9.52. The van der Waals surface area contributed by atoms with Crippen LogP contribution in [0.5, 0.6) is 0 Å². The number of fused-ring (bicyclic) bond motifs is 2. The number of allylic oxidation sites excluding steroid dienone is 1. The summed E-state index contributed by atoms with van der Waals surface area (Å²) >= 11 is 0. The molecule has 228 valence electrons. The van der Waals surface area contributed by atoms with E-state index in [1.54, 1.807) is 22.9 Å². The van der Waals surface area contributed by atoms with Crippen LogP contribution in [-0.4, -0.2) is 64.3 Å². The van der Waals surface area contributed by atoms with Crippen molar-refractivity contribution >= 4 is 21.9 Å². The molecular weight excluding hydrogens is 590 g/mol. The Labute approximate surface area is 245 Å². The first-order valence-electron chi connectivity index (χ1n) is 13.3. The van der Waals surface area contributed by atoms with Crippen LogP contribution in [-0.2, 0) is 16.4 Å². The van der Waals surface area contributed by atoms with E-state index in [0.717, 1.165) is 29.5 Å². The molecule has 1 fully saturated rings. The predicted molar refractivity (Wildman–Crippen MR) is 150 cm³/mol. The van der Waals surface area contributed by atoms with Crippen molar-refractivity contribution in [2.75, 3.05) is 13.6 Å². The van der Waals surface area contributed by atoms with E-state index in [9.17, 15) is 30.8 Å². The number of halogens is 4. The minimum absolute atomic E-state index is 0.0162. The van der Waals surface area contributed by atoms with Crippen molar-refractivity contribution in [2.24, 2.45) is 17.0 Å². The summed E-state index contributed by atoms with van der Waals surface area (Å²) in [7, 11) is -3.31. The van der Waals surface area contributed by atoms with E-state index in [4.69, 9.17) is 11.6 Å². The number of ketones is 1. The maximum Gasteiger partial charge on any atom is 0.259 e. The van der Waals surface area contributed by atoms with Gasteiger partial charge in [-0.15, -0.1) is 0 Å². The third kappa shape index (κ3) is 5.79. The summed E-state index contributed by atoms with van der Waals surface area (Å²) in [5, 5.41) is 4.58. The second kappa shape index (κ2) is 11.5. The number of nitrogens with zero attached hydrogens (tertiary/aromatic N) is 5. The summed E-state index contributed by atoms with van der Waals surface area (Å²) in [6.07, 6.45) is 2.35. The minimum Gasteiger partial charge on any atom is -0.387 e. The Morgan fingerprint density at radius 1 is 1.21 bits per heavy atom. The average molecular weight is 620 g/mol. The SMILES string of the molecule is CN(N)/C=C(\N)S(=O)(=O)N(CC(F)F)[C@H]1CCC2=Cc3c(cnn3-c3ccc(F)cc3)C[C@]2(C(=O)c2cc(F)ccn2)C1. The first-order valence-corrected chi connectivity index (χ1v) is 14.7. The molecule has 43 heavy (non-hydrogen) atoms. The number of carbonyl (C=O) groups is 1. The van der Waals surface area contributed by atoms with Crippen LogP contribution in [0.2, 0.25) is 0 Å². The summed E-state index contributed by atoms with van der Waals surface area (Å²) < 4.78 is 84.5. The van der Waals surface area contributed by atoms with Crippen LogP contribution in [0.1, 0.15) is 41.0 Å². The lowest BCUT2D eigenvalue weighted by atomic mass is 9.60. The summed E-state index contributed by atoms with van der Waals surface area (Å²) in [6.45, 7) is -1.16. The molecule has 0 unspecified atom stereocenters. The molecule has 3 aromatic rings. The van der Waals surface area contributed by atoms with E-state index in [1.165, 1.54) is 25.4 Å². The Kier molecular flexibility index (Phi) is 8.15. The molecule has 0 bridgehead atoms. The van der Waals surface area contributed by atoms with E-state index in [0.29, 0.717) is 26.8 Å². The maximum absolute atomic E-state index is 14.2.